The molecule has 0 bridgehead atoms. The topological polar surface area (TPSA) is 53.0 Å². The van der Waals surface area contributed by atoms with Gasteiger partial charge in [-0.25, -0.2) is 0 Å². The van der Waals surface area contributed by atoms with Crippen LogP contribution in [0.25, 0.3) is 0 Å². The van der Waals surface area contributed by atoms with Gasteiger partial charge in [0.05, 0.1) is 11.5 Å². The van der Waals surface area contributed by atoms with Crippen LogP contribution in [0.4, 0.5) is 0 Å². The Hall–Kier alpha value is -0.590. The van der Waals surface area contributed by atoms with Crippen LogP contribution in [-0.4, -0.2) is 31.1 Å². The summed E-state index contributed by atoms with van der Waals surface area (Å²) < 4.78 is 0. The van der Waals surface area contributed by atoms with Crippen LogP contribution in [0.3, 0.4) is 0 Å². The molecule has 0 radical (unpaired) electrons. The second-order valence-electron chi connectivity index (χ2n) is 6.78. The van der Waals surface area contributed by atoms with Crippen LogP contribution in [0, 0.1) is 22.7 Å². The van der Waals surface area contributed by atoms with Gasteiger partial charge in [-0.15, -0.1) is 0 Å². The van der Waals surface area contributed by atoms with E-state index >= 15 is 0 Å². The van der Waals surface area contributed by atoms with E-state index in [0.29, 0.717) is 12.0 Å². The summed E-state index contributed by atoms with van der Waals surface area (Å²) in [6, 6.07) is 3.06. The minimum Gasteiger partial charge on any atom is -0.330 e. The molecule has 2 unspecified atom stereocenters. The van der Waals surface area contributed by atoms with Gasteiger partial charge in [0, 0.05) is 6.04 Å². The molecule has 2 N–H and O–H groups in total. The molecule has 110 valence electrons. The van der Waals surface area contributed by atoms with Gasteiger partial charge in [0.1, 0.15) is 0 Å². The zero-order chi connectivity index (χ0) is 14.3. The van der Waals surface area contributed by atoms with Gasteiger partial charge in [-0.3, -0.25) is 0 Å². The van der Waals surface area contributed by atoms with Gasteiger partial charge in [-0.05, 0) is 65.6 Å². The van der Waals surface area contributed by atoms with Crippen molar-refractivity contribution in [3.05, 3.63) is 0 Å². The van der Waals surface area contributed by atoms with Crippen LogP contribution in [0.2, 0.25) is 0 Å². The Balaban J connectivity index is 2.27. The van der Waals surface area contributed by atoms with E-state index in [1.807, 2.05) is 13.8 Å². The molecule has 0 aliphatic heterocycles. The molecule has 0 heterocycles. The highest BCUT2D eigenvalue weighted by atomic mass is 15.1. The molecule has 1 aliphatic carbocycles. The number of hydrogen-bond donors (Lipinski definition) is 1. The van der Waals surface area contributed by atoms with Gasteiger partial charge >= 0.3 is 0 Å². The third-order valence-corrected chi connectivity index (χ3v) is 4.60. The Morgan fingerprint density at radius 2 is 1.95 bits per heavy atom. The predicted molar refractivity (Wildman–Crippen MR) is 80.7 cm³/mol. The molecular formula is C16H31N3. The molecule has 0 aromatic heterocycles. The lowest BCUT2D eigenvalue weighted by Crippen LogP contribution is -2.43. The molecule has 1 rings (SSSR count). The van der Waals surface area contributed by atoms with Crippen LogP contribution >= 0.6 is 0 Å². The number of nitriles is 1. The molecule has 19 heavy (non-hydrogen) atoms. The van der Waals surface area contributed by atoms with Crippen molar-refractivity contribution >= 4 is 0 Å². The Kier molecular flexibility index (Phi) is 6.82. The molecule has 3 heteroatoms. The summed E-state index contributed by atoms with van der Waals surface area (Å²) in [7, 11) is 2.24. The number of hydrogen-bond acceptors (Lipinski definition) is 3. The molecule has 1 fully saturated rings. The summed E-state index contributed by atoms with van der Waals surface area (Å²) in [6.45, 7) is 6.03. The minimum atomic E-state index is -0.163. The van der Waals surface area contributed by atoms with Gasteiger partial charge < -0.3 is 10.6 Å². The van der Waals surface area contributed by atoms with E-state index in [1.165, 1.54) is 32.1 Å². The third-order valence-electron chi connectivity index (χ3n) is 4.60. The lowest BCUT2D eigenvalue weighted by molar-refractivity contribution is 0.131. The van der Waals surface area contributed by atoms with Crippen molar-refractivity contribution in [1.82, 2.24) is 4.90 Å². The van der Waals surface area contributed by atoms with Gasteiger partial charge in [-0.1, -0.05) is 19.3 Å². The molecule has 1 aliphatic rings. The van der Waals surface area contributed by atoms with E-state index in [-0.39, 0.29) is 5.41 Å². The maximum Gasteiger partial charge on any atom is 0.0683 e. The quantitative estimate of drug-likeness (QED) is 0.719. The smallest absolute Gasteiger partial charge is 0.0683 e. The lowest BCUT2D eigenvalue weighted by Gasteiger charge is -2.37. The second kappa shape index (κ2) is 7.87. The summed E-state index contributed by atoms with van der Waals surface area (Å²) in [5.41, 5.74) is 5.74. The molecule has 0 aromatic rings. The number of nitrogens with two attached hydrogens (primary N) is 1. The van der Waals surface area contributed by atoms with Crippen molar-refractivity contribution in [3.63, 3.8) is 0 Å². The molecule has 2 atom stereocenters. The minimum absolute atomic E-state index is 0.163. The van der Waals surface area contributed by atoms with Crippen LogP contribution in [0.15, 0.2) is 0 Å². The predicted octanol–water partition coefficient (Wildman–Crippen LogP) is 3.16. The Morgan fingerprint density at radius 3 is 2.58 bits per heavy atom. The zero-order valence-corrected chi connectivity index (χ0v) is 13.0. The number of nitrogens with zero attached hydrogens (tertiary/aromatic N) is 2. The fourth-order valence-corrected chi connectivity index (χ4v) is 3.19. The van der Waals surface area contributed by atoms with Gasteiger partial charge in [-0.2, -0.15) is 5.26 Å². The van der Waals surface area contributed by atoms with Crippen molar-refractivity contribution in [2.45, 2.75) is 64.8 Å². The van der Waals surface area contributed by atoms with E-state index in [1.54, 1.807) is 0 Å². The van der Waals surface area contributed by atoms with Gasteiger partial charge in [0.2, 0.25) is 0 Å². The van der Waals surface area contributed by atoms with Gasteiger partial charge in [0.25, 0.3) is 0 Å². The maximum absolute atomic E-state index is 9.00. The largest absolute Gasteiger partial charge is 0.330 e. The molecule has 3 nitrogen and oxygen atoms in total. The molecular weight excluding hydrogens is 234 g/mol. The van der Waals surface area contributed by atoms with Crippen molar-refractivity contribution in [3.8, 4) is 6.07 Å². The summed E-state index contributed by atoms with van der Waals surface area (Å²) in [5.74, 6) is 0.689. The summed E-state index contributed by atoms with van der Waals surface area (Å²) in [6.07, 6.45) is 8.65. The average molecular weight is 265 g/mol. The SMILES string of the molecule is CN(CCCCC(C)(C)C#N)C1CCCCC1CN. The fraction of sp³-hybridized carbons (Fsp3) is 0.938. The normalized spacial score (nSPS) is 24.4. The fourth-order valence-electron chi connectivity index (χ4n) is 3.19. The van der Waals surface area contributed by atoms with Crippen LogP contribution in [-0.2, 0) is 0 Å². The average Bonchev–Trinajstić information content (AvgIpc) is 2.43. The molecule has 1 saturated carbocycles. The summed E-state index contributed by atoms with van der Waals surface area (Å²) >= 11 is 0. The first-order chi connectivity index (χ1) is 9.00. The van der Waals surface area contributed by atoms with Crippen molar-refractivity contribution in [2.75, 3.05) is 20.1 Å². The Bertz CT molecular complexity index is 293. The van der Waals surface area contributed by atoms with Crippen molar-refractivity contribution < 1.29 is 0 Å². The number of unbranched alkanes of at least 4 members (excludes halogenated alkanes) is 1. The number of rotatable bonds is 7. The standard InChI is InChI=1S/C16H31N3/c1-16(2,13-18)10-6-7-11-19(3)15-9-5-4-8-14(15)12-17/h14-15H,4-12,17H2,1-3H3. The zero-order valence-electron chi connectivity index (χ0n) is 13.0. The van der Waals surface area contributed by atoms with E-state index in [2.05, 4.69) is 18.0 Å². The summed E-state index contributed by atoms with van der Waals surface area (Å²) in [5, 5.41) is 9.00. The molecule has 0 amide bonds. The van der Waals surface area contributed by atoms with Crippen molar-refractivity contribution in [1.29, 1.82) is 5.26 Å². The lowest BCUT2D eigenvalue weighted by atomic mass is 9.83. The highest BCUT2D eigenvalue weighted by Gasteiger charge is 2.26. The first-order valence-corrected chi connectivity index (χ1v) is 7.82. The van der Waals surface area contributed by atoms with E-state index in [0.717, 1.165) is 25.9 Å². The van der Waals surface area contributed by atoms with E-state index in [9.17, 15) is 0 Å². The monoisotopic (exact) mass is 265 g/mol. The first kappa shape index (κ1) is 16.5. The Morgan fingerprint density at radius 1 is 1.26 bits per heavy atom. The first-order valence-electron chi connectivity index (χ1n) is 7.82. The third kappa shape index (κ3) is 5.50. The highest BCUT2D eigenvalue weighted by Crippen LogP contribution is 2.28. The van der Waals surface area contributed by atoms with Crippen LogP contribution in [0.5, 0.6) is 0 Å². The molecule has 0 spiro atoms. The Labute approximate surface area is 119 Å². The second-order valence-corrected chi connectivity index (χ2v) is 6.78. The highest BCUT2D eigenvalue weighted by molar-refractivity contribution is 4.91. The van der Waals surface area contributed by atoms with Gasteiger partial charge in [0.15, 0.2) is 0 Å². The van der Waals surface area contributed by atoms with E-state index < -0.39 is 0 Å². The molecule has 0 saturated heterocycles. The van der Waals surface area contributed by atoms with Crippen molar-refractivity contribution in [2.24, 2.45) is 17.1 Å². The maximum atomic E-state index is 9.00. The molecule has 0 aromatic carbocycles. The van der Waals surface area contributed by atoms with Crippen LogP contribution < -0.4 is 5.73 Å². The van der Waals surface area contributed by atoms with Crippen LogP contribution in [0.1, 0.15) is 58.8 Å². The summed E-state index contributed by atoms with van der Waals surface area (Å²) in [4.78, 5) is 2.51. The van der Waals surface area contributed by atoms with E-state index in [4.69, 9.17) is 11.0 Å².